The van der Waals surface area contributed by atoms with Gasteiger partial charge in [-0.05, 0) is 53.6 Å². The second-order valence-corrected chi connectivity index (χ2v) is 9.07. The summed E-state index contributed by atoms with van der Waals surface area (Å²) < 4.78 is 0. The average molecular weight is 422 g/mol. The van der Waals surface area contributed by atoms with Gasteiger partial charge in [-0.25, -0.2) is 0 Å². The van der Waals surface area contributed by atoms with Crippen molar-refractivity contribution in [2.45, 2.75) is 52.0 Å². The summed E-state index contributed by atoms with van der Waals surface area (Å²) in [6.07, 6.45) is 2.12. The Kier molecular flexibility index (Phi) is 7.10. The molecule has 0 unspecified atom stereocenters. The number of amides is 3. The molecule has 0 spiro atoms. The Bertz CT molecular complexity index is 941. The molecule has 0 saturated heterocycles. The Balaban J connectivity index is 1.39. The van der Waals surface area contributed by atoms with E-state index in [9.17, 15) is 14.4 Å². The molecule has 0 atom stereocenters. The number of nitrogens with one attached hydrogen (secondary N) is 3. The summed E-state index contributed by atoms with van der Waals surface area (Å²) in [5, 5.41) is 8.54. The molecule has 1 aliphatic carbocycles. The summed E-state index contributed by atoms with van der Waals surface area (Å²) >= 11 is 0. The molecule has 1 aliphatic rings. The zero-order valence-corrected chi connectivity index (χ0v) is 18.5. The van der Waals surface area contributed by atoms with E-state index in [1.807, 2.05) is 48.5 Å². The van der Waals surface area contributed by atoms with E-state index in [0.29, 0.717) is 12.1 Å². The van der Waals surface area contributed by atoms with Crippen LogP contribution < -0.4 is 16.0 Å². The van der Waals surface area contributed by atoms with E-state index >= 15 is 0 Å². The number of hydrogen-bond acceptors (Lipinski definition) is 3. The highest BCUT2D eigenvalue weighted by Gasteiger charge is 2.29. The first kappa shape index (κ1) is 22.5. The maximum Gasteiger partial charge on any atom is 0.251 e. The second-order valence-electron chi connectivity index (χ2n) is 9.07. The van der Waals surface area contributed by atoms with Crippen molar-refractivity contribution in [3.05, 3.63) is 65.2 Å². The predicted molar refractivity (Wildman–Crippen MR) is 122 cm³/mol. The molecule has 6 nitrogen and oxygen atoms in total. The molecule has 3 N–H and O–H groups in total. The van der Waals surface area contributed by atoms with Crippen LogP contribution in [-0.4, -0.2) is 24.3 Å². The van der Waals surface area contributed by atoms with Crippen molar-refractivity contribution < 1.29 is 14.4 Å². The first-order valence-corrected chi connectivity index (χ1v) is 10.8. The minimum absolute atomic E-state index is 0.0371. The molecule has 31 heavy (non-hydrogen) atoms. The van der Waals surface area contributed by atoms with Gasteiger partial charge in [0.25, 0.3) is 5.91 Å². The number of rotatable bonds is 8. The van der Waals surface area contributed by atoms with Crippen LogP contribution in [-0.2, 0) is 21.5 Å². The van der Waals surface area contributed by atoms with Gasteiger partial charge in [0.15, 0.2) is 0 Å². The molecule has 3 rings (SSSR count). The van der Waals surface area contributed by atoms with Gasteiger partial charge < -0.3 is 16.0 Å². The van der Waals surface area contributed by atoms with Crippen LogP contribution in [0.5, 0.6) is 0 Å². The Labute approximate surface area is 183 Å². The van der Waals surface area contributed by atoms with Crippen LogP contribution >= 0.6 is 0 Å². The van der Waals surface area contributed by atoms with Gasteiger partial charge in [0, 0.05) is 36.7 Å². The maximum atomic E-state index is 12.3. The molecular weight excluding hydrogens is 390 g/mol. The van der Waals surface area contributed by atoms with E-state index in [2.05, 4.69) is 36.7 Å². The van der Waals surface area contributed by atoms with Crippen LogP contribution in [0.15, 0.2) is 48.5 Å². The van der Waals surface area contributed by atoms with Crippen LogP contribution in [0.3, 0.4) is 0 Å². The molecular formula is C25H31N3O3. The topological polar surface area (TPSA) is 87.3 Å². The molecule has 0 radical (unpaired) electrons. The van der Waals surface area contributed by atoms with Crippen molar-refractivity contribution in [3.63, 3.8) is 0 Å². The van der Waals surface area contributed by atoms with Gasteiger partial charge in [-0.1, -0.05) is 45.0 Å². The number of carbonyl (C=O) groups is 3. The number of carbonyl (C=O) groups excluding carboxylic acids is 3. The van der Waals surface area contributed by atoms with E-state index < -0.39 is 0 Å². The number of hydrogen-bond donors (Lipinski definition) is 3. The molecule has 6 heteroatoms. The molecule has 164 valence electrons. The molecule has 0 aliphatic heterocycles. The van der Waals surface area contributed by atoms with Crippen molar-refractivity contribution in [2.24, 2.45) is 5.92 Å². The highest BCUT2D eigenvalue weighted by Crippen LogP contribution is 2.30. The van der Waals surface area contributed by atoms with Crippen LogP contribution in [0.4, 0.5) is 5.69 Å². The quantitative estimate of drug-likeness (QED) is 0.606. The molecule has 1 fully saturated rings. The summed E-state index contributed by atoms with van der Waals surface area (Å²) in [7, 11) is 0. The Morgan fingerprint density at radius 1 is 0.968 bits per heavy atom. The molecule has 0 heterocycles. The molecule has 0 bridgehead atoms. The monoisotopic (exact) mass is 421 g/mol. The van der Waals surface area contributed by atoms with E-state index in [0.717, 1.165) is 24.1 Å². The third-order valence-electron chi connectivity index (χ3n) is 5.28. The normalized spacial score (nSPS) is 13.4. The zero-order valence-electron chi connectivity index (χ0n) is 18.5. The van der Waals surface area contributed by atoms with E-state index in [1.165, 1.54) is 5.56 Å². The summed E-state index contributed by atoms with van der Waals surface area (Å²) in [6.45, 7) is 7.01. The number of benzene rings is 2. The fraction of sp³-hybridized carbons (Fsp3) is 0.400. The fourth-order valence-electron chi connectivity index (χ4n) is 3.15. The summed E-state index contributed by atoms with van der Waals surface area (Å²) in [5.74, 6) is -0.122. The Morgan fingerprint density at radius 3 is 2.32 bits per heavy atom. The van der Waals surface area contributed by atoms with Crippen LogP contribution in [0.1, 0.15) is 61.5 Å². The SMILES string of the molecule is CC(C)(C)c1ccc(C(=O)NCCC(=O)NCc2cccc(NC(=O)C3CC3)c2)cc1. The summed E-state index contributed by atoms with van der Waals surface area (Å²) in [5.41, 5.74) is 3.44. The lowest BCUT2D eigenvalue weighted by molar-refractivity contribution is -0.121. The van der Waals surface area contributed by atoms with Crippen molar-refractivity contribution in [1.82, 2.24) is 10.6 Å². The fourth-order valence-corrected chi connectivity index (χ4v) is 3.15. The van der Waals surface area contributed by atoms with Crippen molar-refractivity contribution in [1.29, 1.82) is 0 Å². The van der Waals surface area contributed by atoms with Gasteiger partial charge in [0.05, 0.1) is 0 Å². The van der Waals surface area contributed by atoms with Gasteiger partial charge in [0.2, 0.25) is 11.8 Å². The van der Waals surface area contributed by atoms with Gasteiger partial charge in [-0.15, -0.1) is 0 Å². The molecule has 2 aromatic carbocycles. The van der Waals surface area contributed by atoms with Crippen LogP contribution in [0.25, 0.3) is 0 Å². The Hall–Kier alpha value is -3.15. The first-order valence-electron chi connectivity index (χ1n) is 10.8. The predicted octanol–water partition coefficient (Wildman–Crippen LogP) is 3.77. The van der Waals surface area contributed by atoms with E-state index in [4.69, 9.17) is 0 Å². The summed E-state index contributed by atoms with van der Waals surface area (Å²) in [4.78, 5) is 36.3. The molecule has 1 saturated carbocycles. The van der Waals surface area contributed by atoms with Crippen molar-refractivity contribution >= 4 is 23.4 Å². The minimum Gasteiger partial charge on any atom is -0.352 e. The van der Waals surface area contributed by atoms with Crippen LogP contribution in [0, 0.1) is 5.92 Å². The average Bonchev–Trinajstić information content (AvgIpc) is 3.57. The highest BCUT2D eigenvalue weighted by molar-refractivity contribution is 5.95. The first-order chi connectivity index (χ1) is 14.7. The zero-order chi connectivity index (χ0) is 22.4. The third-order valence-corrected chi connectivity index (χ3v) is 5.28. The standard InChI is InChI=1S/C25H31N3O3/c1-25(2,3)20-11-9-18(10-12-20)23(30)26-14-13-22(29)27-16-17-5-4-6-21(15-17)28-24(31)19-7-8-19/h4-6,9-12,15,19H,7-8,13-14,16H2,1-3H3,(H,26,30)(H,27,29)(H,28,31). The van der Waals surface area contributed by atoms with Crippen LogP contribution in [0.2, 0.25) is 0 Å². The molecule has 2 aromatic rings. The second kappa shape index (κ2) is 9.77. The highest BCUT2D eigenvalue weighted by atomic mass is 16.2. The Morgan fingerprint density at radius 2 is 1.68 bits per heavy atom. The van der Waals surface area contributed by atoms with E-state index in [1.54, 1.807) is 0 Å². The van der Waals surface area contributed by atoms with E-state index in [-0.39, 0.29) is 42.0 Å². The maximum absolute atomic E-state index is 12.3. The largest absolute Gasteiger partial charge is 0.352 e. The van der Waals surface area contributed by atoms with Gasteiger partial charge in [-0.2, -0.15) is 0 Å². The molecule has 0 aromatic heterocycles. The third kappa shape index (κ3) is 6.95. The summed E-state index contributed by atoms with van der Waals surface area (Å²) in [6, 6.07) is 15.0. The lowest BCUT2D eigenvalue weighted by Gasteiger charge is -2.19. The lowest BCUT2D eigenvalue weighted by Crippen LogP contribution is -2.30. The minimum atomic E-state index is -0.188. The lowest BCUT2D eigenvalue weighted by atomic mass is 9.87. The smallest absolute Gasteiger partial charge is 0.251 e. The van der Waals surface area contributed by atoms with Gasteiger partial charge >= 0.3 is 0 Å². The van der Waals surface area contributed by atoms with Crippen molar-refractivity contribution in [3.8, 4) is 0 Å². The molecule has 3 amide bonds. The number of anilines is 1. The van der Waals surface area contributed by atoms with Gasteiger partial charge in [-0.3, -0.25) is 14.4 Å². The van der Waals surface area contributed by atoms with Crippen molar-refractivity contribution in [2.75, 3.05) is 11.9 Å². The van der Waals surface area contributed by atoms with Gasteiger partial charge in [0.1, 0.15) is 0 Å².